The van der Waals surface area contributed by atoms with E-state index < -0.39 is 0 Å². The van der Waals surface area contributed by atoms with E-state index in [2.05, 4.69) is 0 Å². The maximum absolute atomic E-state index is 12.1. The van der Waals surface area contributed by atoms with Gasteiger partial charge in [-0.2, -0.15) is 5.26 Å². The Morgan fingerprint density at radius 3 is 2.26 bits per heavy atom. The van der Waals surface area contributed by atoms with Gasteiger partial charge in [0.25, 0.3) is 0 Å². The Morgan fingerprint density at radius 2 is 1.65 bits per heavy atom. The molecule has 0 radical (unpaired) electrons. The van der Waals surface area contributed by atoms with Gasteiger partial charge in [-0.05, 0) is 55.0 Å². The van der Waals surface area contributed by atoms with E-state index in [1.165, 1.54) is 6.08 Å². The van der Waals surface area contributed by atoms with Crippen LogP contribution in [0.4, 0.5) is 0 Å². The fourth-order valence-corrected chi connectivity index (χ4v) is 1.94. The van der Waals surface area contributed by atoms with Crippen molar-refractivity contribution >= 4 is 11.9 Å². The zero-order chi connectivity index (χ0) is 16.5. The molecule has 0 N–H and O–H groups in total. The highest BCUT2D eigenvalue weighted by molar-refractivity contribution is 6.06. The monoisotopic (exact) mass is 307 g/mol. The van der Waals surface area contributed by atoms with Crippen LogP contribution < -0.4 is 9.47 Å². The minimum atomic E-state index is -0.0919. The molecule has 0 amide bonds. The lowest BCUT2D eigenvalue weighted by atomic mass is 10.1. The summed E-state index contributed by atoms with van der Waals surface area (Å²) in [6, 6.07) is 16.1. The van der Waals surface area contributed by atoms with Gasteiger partial charge >= 0.3 is 0 Å². The molecule has 23 heavy (non-hydrogen) atoms. The first-order valence-electron chi connectivity index (χ1n) is 7.28. The van der Waals surface area contributed by atoms with Gasteiger partial charge in [0.2, 0.25) is 0 Å². The predicted octanol–water partition coefficient (Wildman–Crippen LogP) is 3.88. The summed E-state index contributed by atoms with van der Waals surface area (Å²) in [5, 5.41) is 8.45. The molecule has 2 aromatic rings. The number of benzene rings is 2. The third kappa shape index (κ3) is 5.01. The lowest BCUT2D eigenvalue weighted by Gasteiger charge is -2.03. The third-order valence-electron chi connectivity index (χ3n) is 3.06. The van der Waals surface area contributed by atoms with Gasteiger partial charge in [-0.15, -0.1) is 0 Å². The summed E-state index contributed by atoms with van der Waals surface area (Å²) >= 11 is 0. The molecule has 0 aliphatic carbocycles. The van der Waals surface area contributed by atoms with Gasteiger partial charge < -0.3 is 9.47 Å². The Morgan fingerprint density at radius 1 is 1.04 bits per heavy atom. The Labute approximate surface area is 135 Å². The van der Waals surface area contributed by atoms with Gasteiger partial charge in [0.05, 0.1) is 6.61 Å². The minimum Gasteiger partial charge on any atom is -0.494 e. The van der Waals surface area contributed by atoms with Gasteiger partial charge in [0.15, 0.2) is 12.4 Å². The third-order valence-corrected chi connectivity index (χ3v) is 3.06. The molecule has 2 rings (SSSR count). The average molecular weight is 307 g/mol. The first kappa shape index (κ1) is 16.3. The molecular weight excluding hydrogens is 290 g/mol. The van der Waals surface area contributed by atoms with Crippen molar-refractivity contribution in [3.05, 3.63) is 65.7 Å². The van der Waals surface area contributed by atoms with Crippen molar-refractivity contribution in [1.82, 2.24) is 0 Å². The number of nitriles is 1. The molecule has 4 heteroatoms. The lowest BCUT2D eigenvalue weighted by molar-refractivity contribution is 0.104. The number of allylic oxidation sites excluding steroid dienone is 1. The molecule has 0 aliphatic heterocycles. The summed E-state index contributed by atoms with van der Waals surface area (Å²) in [5.41, 5.74) is 1.49. The fourth-order valence-electron chi connectivity index (χ4n) is 1.94. The first-order valence-corrected chi connectivity index (χ1v) is 7.28. The van der Waals surface area contributed by atoms with E-state index in [-0.39, 0.29) is 12.4 Å². The largest absolute Gasteiger partial charge is 0.494 e. The zero-order valence-electron chi connectivity index (χ0n) is 12.9. The van der Waals surface area contributed by atoms with Crippen LogP contribution >= 0.6 is 0 Å². The molecule has 2 aromatic carbocycles. The molecule has 116 valence electrons. The van der Waals surface area contributed by atoms with Crippen LogP contribution in [0.5, 0.6) is 11.5 Å². The number of nitrogens with zero attached hydrogens (tertiary/aromatic N) is 1. The second-order valence-electron chi connectivity index (χ2n) is 4.67. The Kier molecular flexibility index (Phi) is 5.96. The van der Waals surface area contributed by atoms with Crippen LogP contribution in [0.25, 0.3) is 6.08 Å². The summed E-state index contributed by atoms with van der Waals surface area (Å²) in [4.78, 5) is 12.1. The van der Waals surface area contributed by atoms with Crippen molar-refractivity contribution in [2.24, 2.45) is 0 Å². The van der Waals surface area contributed by atoms with Crippen LogP contribution in [-0.4, -0.2) is 19.0 Å². The molecule has 0 unspecified atom stereocenters. The molecular formula is C19H17NO3. The Bertz CT molecular complexity index is 710. The minimum absolute atomic E-state index is 0.00899. The maximum Gasteiger partial charge on any atom is 0.185 e. The molecule has 0 aromatic heterocycles. The predicted molar refractivity (Wildman–Crippen MR) is 88.5 cm³/mol. The van der Waals surface area contributed by atoms with Crippen LogP contribution in [0.2, 0.25) is 0 Å². The topological polar surface area (TPSA) is 59.3 Å². The number of hydrogen-bond donors (Lipinski definition) is 0. The average Bonchev–Trinajstić information content (AvgIpc) is 2.60. The van der Waals surface area contributed by atoms with Crippen molar-refractivity contribution in [3.63, 3.8) is 0 Å². The van der Waals surface area contributed by atoms with Gasteiger partial charge in [-0.3, -0.25) is 4.79 Å². The number of carbonyl (C=O) groups excluding carboxylic acids is 1. The van der Waals surface area contributed by atoms with E-state index in [0.29, 0.717) is 17.9 Å². The first-order chi connectivity index (χ1) is 11.2. The lowest BCUT2D eigenvalue weighted by Crippen LogP contribution is -1.96. The molecule has 0 spiro atoms. The number of ketones is 1. The van der Waals surface area contributed by atoms with Crippen LogP contribution in [-0.2, 0) is 0 Å². The van der Waals surface area contributed by atoms with Crippen molar-refractivity contribution in [2.75, 3.05) is 13.2 Å². The normalized spacial score (nSPS) is 10.3. The molecule has 0 atom stereocenters. The SMILES string of the molecule is CCOc1ccc(/C=C/C(=O)c2ccc(OCC#N)cc2)cc1. The van der Waals surface area contributed by atoms with E-state index in [4.69, 9.17) is 14.7 Å². The van der Waals surface area contributed by atoms with Crippen LogP contribution in [0.15, 0.2) is 54.6 Å². The highest BCUT2D eigenvalue weighted by Crippen LogP contribution is 2.15. The van der Waals surface area contributed by atoms with Crippen LogP contribution in [0.3, 0.4) is 0 Å². The molecule has 0 aliphatic rings. The van der Waals surface area contributed by atoms with E-state index in [1.54, 1.807) is 30.3 Å². The molecule has 4 nitrogen and oxygen atoms in total. The molecule has 0 saturated heterocycles. The molecule has 0 saturated carbocycles. The fraction of sp³-hybridized carbons (Fsp3) is 0.158. The highest BCUT2D eigenvalue weighted by atomic mass is 16.5. The second kappa shape index (κ2) is 8.40. The Balaban J connectivity index is 1.99. The molecule has 0 bridgehead atoms. The van der Waals surface area contributed by atoms with Gasteiger partial charge in [-0.1, -0.05) is 18.2 Å². The molecule has 0 heterocycles. The van der Waals surface area contributed by atoms with Gasteiger partial charge in [-0.25, -0.2) is 0 Å². The number of carbonyl (C=O) groups is 1. The number of hydrogen-bond acceptors (Lipinski definition) is 4. The number of rotatable bonds is 7. The summed E-state index contributed by atoms with van der Waals surface area (Å²) in [6.45, 7) is 2.55. The number of ether oxygens (including phenoxy) is 2. The summed E-state index contributed by atoms with van der Waals surface area (Å²) in [6.07, 6.45) is 3.29. The van der Waals surface area contributed by atoms with Crippen molar-refractivity contribution < 1.29 is 14.3 Å². The van der Waals surface area contributed by atoms with Crippen molar-refractivity contribution in [2.45, 2.75) is 6.92 Å². The van der Waals surface area contributed by atoms with E-state index in [1.807, 2.05) is 37.3 Å². The molecule has 0 fully saturated rings. The second-order valence-corrected chi connectivity index (χ2v) is 4.67. The summed E-state index contributed by atoms with van der Waals surface area (Å²) in [5.74, 6) is 1.29. The van der Waals surface area contributed by atoms with E-state index in [9.17, 15) is 4.79 Å². The van der Waals surface area contributed by atoms with Gasteiger partial charge in [0.1, 0.15) is 17.6 Å². The van der Waals surface area contributed by atoms with E-state index in [0.717, 1.165) is 11.3 Å². The van der Waals surface area contributed by atoms with Crippen LogP contribution in [0, 0.1) is 11.3 Å². The summed E-state index contributed by atoms with van der Waals surface area (Å²) in [7, 11) is 0. The van der Waals surface area contributed by atoms with Gasteiger partial charge in [0, 0.05) is 5.56 Å². The maximum atomic E-state index is 12.1. The Hall–Kier alpha value is -3.06. The van der Waals surface area contributed by atoms with E-state index >= 15 is 0 Å². The van der Waals surface area contributed by atoms with Crippen molar-refractivity contribution in [1.29, 1.82) is 5.26 Å². The quantitative estimate of drug-likeness (QED) is 0.575. The highest BCUT2D eigenvalue weighted by Gasteiger charge is 2.02. The van der Waals surface area contributed by atoms with Crippen LogP contribution in [0.1, 0.15) is 22.8 Å². The smallest absolute Gasteiger partial charge is 0.185 e. The summed E-state index contributed by atoms with van der Waals surface area (Å²) < 4.78 is 10.5. The standard InChI is InChI=1S/C19H17NO3/c1-2-22-17-8-3-15(4-9-17)5-12-19(21)16-6-10-18(11-7-16)23-14-13-20/h3-12H,2,14H2,1H3/b12-5+. The zero-order valence-corrected chi connectivity index (χ0v) is 12.9. The van der Waals surface area contributed by atoms with Crippen molar-refractivity contribution in [3.8, 4) is 17.6 Å².